The first kappa shape index (κ1) is 24.6. The normalized spacial score (nSPS) is 23.2. The number of rotatable bonds is 5. The highest BCUT2D eigenvalue weighted by Gasteiger charge is 2.62. The van der Waals surface area contributed by atoms with Crippen molar-refractivity contribution in [3.63, 3.8) is 0 Å². The van der Waals surface area contributed by atoms with Crippen LogP contribution in [0.3, 0.4) is 0 Å². The number of halogens is 1. The van der Waals surface area contributed by atoms with E-state index in [2.05, 4.69) is 0 Å². The molecule has 1 aromatic rings. The van der Waals surface area contributed by atoms with Crippen molar-refractivity contribution in [3.8, 4) is 0 Å². The second-order valence-corrected chi connectivity index (χ2v) is 10.5. The van der Waals surface area contributed by atoms with Gasteiger partial charge in [-0.15, -0.1) is 0 Å². The zero-order valence-corrected chi connectivity index (χ0v) is 19.6. The zero-order valence-electron chi connectivity index (χ0n) is 18.7. The van der Waals surface area contributed by atoms with Crippen molar-refractivity contribution < 1.29 is 41.4 Å². The molecule has 1 fully saturated rings. The second-order valence-electron chi connectivity index (χ2n) is 8.44. The summed E-state index contributed by atoms with van der Waals surface area (Å²) in [6.07, 6.45) is -0.326. The minimum absolute atomic E-state index is 0.0759. The summed E-state index contributed by atoms with van der Waals surface area (Å²) < 4.78 is 56.9. The van der Waals surface area contributed by atoms with Gasteiger partial charge in [-0.05, 0) is 32.9 Å². The van der Waals surface area contributed by atoms with Crippen molar-refractivity contribution in [2.75, 3.05) is 13.7 Å². The molecule has 1 saturated heterocycles. The van der Waals surface area contributed by atoms with E-state index in [1.165, 1.54) is 25.3 Å². The van der Waals surface area contributed by atoms with Gasteiger partial charge in [0.15, 0.2) is 11.5 Å². The van der Waals surface area contributed by atoms with E-state index in [0.717, 1.165) is 24.0 Å². The molecule has 1 aromatic carbocycles. The third-order valence-corrected chi connectivity index (χ3v) is 6.97. The van der Waals surface area contributed by atoms with Crippen LogP contribution in [-0.4, -0.2) is 62.0 Å². The molecule has 2 aliphatic heterocycles. The van der Waals surface area contributed by atoms with Gasteiger partial charge in [-0.1, -0.05) is 18.2 Å². The first-order chi connectivity index (χ1) is 15.3. The Hall–Kier alpha value is -3.05. The smallest absolute Gasteiger partial charge is 0.356 e. The standard InChI is InChI=1S/C22H24FNO8S/c1-12(25)31-11-14-16(10-13-8-6-7-9-15(13)23)33(28,29)20-18(30-5)19(26)24(20)17(14)21(27)32-22(2,3)4/h6-10,18,20H,11H2,1-5H3/b16-10+/t18-,20?/m0/s1. The van der Waals surface area contributed by atoms with Crippen LogP contribution in [0.1, 0.15) is 33.3 Å². The molecule has 1 amide bonds. The van der Waals surface area contributed by atoms with Crippen molar-refractivity contribution in [1.29, 1.82) is 0 Å². The largest absolute Gasteiger partial charge is 0.461 e. The van der Waals surface area contributed by atoms with E-state index in [0.29, 0.717) is 0 Å². The van der Waals surface area contributed by atoms with Gasteiger partial charge in [0.25, 0.3) is 5.91 Å². The Morgan fingerprint density at radius 2 is 1.85 bits per heavy atom. The maximum absolute atomic E-state index is 14.4. The molecule has 3 rings (SSSR count). The average Bonchev–Trinajstić information content (AvgIpc) is 2.68. The maximum atomic E-state index is 14.4. The van der Waals surface area contributed by atoms with Crippen LogP contribution in [0.2, 0.25) is 0 Å². The molecule has 0 bridgehead atoms. The predicted octanol–water partition coefficient (Wildman–Crippen LogP) is 1.94. The molecule has 0 aromatic heterocycles. The molecular weight excluding hydrogens is 457 g/mol. The number of methoxy groups -OCH3 is 1. The summed E-state index contributed by atoms with van der Waals surface area (Å²) in [5.41, 5.74) is -1.74. The van der Waals surface area contributed by atoms with E-state index in [4.69, 9.17) is 14.2 Å². The van der Waals surface area contributed by atoms with E-state index in [1.807, 2.05) is 0 Å². The van der Waals surface area contributed by atoms with Crippen molar-refractivity contribution in [2.45, 2.75) is 44.8 Å². The van der Waals surface area contributed by atoms with Crippen molar-refractivity contribution in [2.24, 2.45) is 0 Å². The number of benzene rings is 1. The molecule has 178 valence electrons. The summed E-state index contributed by atoms with van der Waals surface area (Å²) >= 11 is 0. The Morgan fingerprint density at radius 1 is 1.21 bits per heavy atom. The molecule has 0 aliphatic carbocycles. The number of carbonyl (C=O) groups excluding carboxylic acids is 3. The molecule has 2 aliphatic rings. The van der Waals surface area contributed by atoms with Gasteiger partial charge in [0, 0.05) is 25.2 Å². The number of β-lactam (4-membered cyclic amide) rings is 1. The molecule has 33 heavy (non-hydrogen) atoms. The topological polar surface area (TPSA) is 116 Å². The molecule has 0 saturated carbocycles. The average molecular weight is 481 g/mol. The van der Waals surface area contributed by atoms with E-state index in [9.17, 15) is 27.2 Å². The molecular formula is C22H24FNO8S. The molecule has 9 nitrogen and oxygen atoms in total. The van der Waals surface area contributed by atoms with Crippen LogP contribution in [-0.2, 0) is 38.4 Å². The number of ether oxygens (including phenoxy) is 3. The minimum Gasteiger partial charge on any atom is -0.461 e. The Balaban J connectivity index is 2.32. The molecule has 2 heterocycles. The number of esters is 2. The van der Waals surface area contributed by atoms with Gasteiger partial charge < -0.3 is 14.2 Å². The fourth-order valence-corrected chi connectivity index (χ4v) is 5.61. The summed E-state index contributed by atoms with van der Waals surface area (Å²) in [6, 6.07) is 5.43. The van der Waals surface area contributed by atoms with Crippen LogP contribution < -0.4 is 0 Å². The Kier molecular flexibility index (Phi) is 6.49. The van der Waals surface area contributed by atoms with E-state index in [-0.39, 0.29) is 11.1 Å². The molecule has 1 unspecified atom stereocenters. The highest BCUT2D eigenvalue weighted by Crippen LogP contribution is 2.44. The number of carbonyl (C=O) groups is 3. The molecule has 0 spiro atoms. The lowest BCUT2D eigenvalue weighted by atomic mass is 10.0. The molecule has 2 atom stereocenters. The third kappa shape index (κ3) is 4.55. The predicted molar refractivity (Wildman–Crippen MR) is 114 cm³/mol. The van der Waals surface area contributed by atoms with E-state index < -0.39 is 67.8 Å². The van der Waals surface area contributed by atoms with Crippen LogP contribution in [0.4, 0.5) is 4.39 Å². The summed E-state index contributed by atoms with van der Waals surface area (Å²) in [5, 5.41) is -1.56. The molecule has 0 radical (unpaired) electrons. The van der Waals surface area contributed by atoms with E-state index in [1.54, 1.807) is 20.8 Å². The van der Waals surface area contributed by atoms with Gasteiger partial charge in [0.05, 0.1) is 4.91 Å². The summed E-state index contributed by atoms with van der Waals surface area (Å²) in [4.78, 5) is 37.6. The quantitative estimate of drug-likeness (QED) is 0.463. The van der Waals surface area contributed by atoms with Gasteiger partial charge in [0.1, 0.15) is 23.7 Å². The maximum Gasteiger partial charge on any atom is 0.356 e. The second kappa shape index (κ2) is 8.71. The van der Waals surface area contributed by atoms with Gasteiger partial charge in [-0.3, -0.25) is 14.5 Å². The van der Waals surface area contributed by atoms with Crippen LogP contribution in [0.5, 0.6) is 0 Å². The van der Waals surface area contributed by atoms with Gasteiger partial charge >= 0.3 is 11.9 Å². The summed E-state index contributed by atoms with van der Waals surface area (Å²) in [6.45, 7) is 5.24. The van der Waals surface area contributed by atoms with Crippen LogP contribution in [0, 0.1) is 5.82 Å². The lowest BCUT2D eigenvalue weighted by molar-refractivity contribution is -0.167. The van der Waals surface area contributed by atoms with Gasteiger partial charge in [-0.2, -0.15) is 0 Å². The Bertz CT molecular complexity index is 1180. The third-order valence-electron chi connectivity index (χ3n) is 4.90. The first-order valence-corrected chi connectivity index (χ1v) is 11.5. The van der Waals surface area contributed by atoms with E-state index >= 15 is 0 Å². The highest BCUT2D eigenvalue weighted by atomic mass is 32.2. The van der Waals surface area contributed by atoms with Crippen molar-refractivity contribution in [3.05, 3.63) is 51.8 Å². The van der Waals surface area contributed by atoms with Crippen LogP contribution in [0.25, 0.3) is 6.08 Å². The zero-order chi connectivity index (χ0) is 24.7. The highest BCUT2D eigenvalue weighted by molar-refractivity contribution is 7.96. The first-order valence-electron chi connectivity index (χ1n) is 9.96. The number of hydrogen-bond donors (Lipinski definition) is 0. The fourth-order valence-electron chi connectivity index (χ4n) is 3.52. The molecule has 0 N–H and O–H groups in total. The Morgan fingerprint density at radius 3 is 2.39 bits per heavy atom. The SMILES string of the molecule is CO[C@H]1C(=O)N2C(C(=O)OC(C)(C)C)=C(COC(C)=O)/C(=C\c3ccccc3F)S(=O)(=O)C12. The van der Waals surface area contributed by atoms with Crippen molar-refractivity contribution >= 4 is 33.8 Å². The number of sulfone groups is 1. The lowest BCUT2D eigenvalue weighted by Crippen LogP contribution is -2.70. The number of fused-ring (bicyclic) bond motifs is 1. The van der Waals surface area contributed by atoms with Crippen LogP contribution >= 0.6 is 0 Å². The monoisotopic (exact) mass is 481 g/mol. The summed E-state index contributed by atoms with van der Waals surface area (Å²) in [5.74, 6) is -3.22. The number of nitrogens with zero attached hydrogens (tertiary/aromatic N) is 1. The van der Waals surface area contributed by atoms with Crippen LogP contribution in [0.15, 0.2) is 40.4 Å². The Labute approximate surface area is 190 Å². The number of hydrogen-bond acceptors (Lipinski definition) is 8. The van der Waals surface area contributed by atoms with Crippen molar-refractivity contribution in [1.82, 2.24) is 4.90 Å². The summed E-state index contributed by atoms with van der Waals surface area (Å²) in [7, 11) is -3.20. The minimum atomic E-state index is -4.36. The van der Waals surface area contributed by atoms with Gasteiger partial charge in [0.2, 0.25) is 9.84 Å². The van der Waals surface area contributed by atoms with Gasteiger partial charge in [-0.25, -0.2) is 17.6 Å². The number of amides is 1. The molecule has 11 heteroatoms. The lowest BCUT2D eigenvalue weighted by Gasteiger charge is -2.49. The fraction of sp³-hybridized carbons (Fsp3) is 0.409.